The van der Waals surface area contributed by atoms with Crippen LogP contribution in [0.15, 0.2) is 95.5 Å². The van der Waals surface area contributed by atoms with Crippen molar-refractivity contribution in [3.63, 3.8) is 0 Å². The van der Waals surface area contributed by atoms with E-state index in [2.05, 4.69) is 15.9 Å². The number of rotatable bonds is 9. The zero-order valence-corrected chi connectivity index (χ0v) is 37.1. The largest absolute Gasteiger partial charge is 0.419 e. The third-order valence-electron chi connectivity index (χ3n) is 11.3. The summed E-state index contributed by atoms with van der Waals surface area (Å²) in [5.74, 6) is -71.6. The van der Waals surface area contributed by atoms with E-state index in [0.717, 1.165) is 15.4 Å². The molecule has 0 bridgehead atoms. The summed E-state index contributed by atoms with van der Waals surface area (Å²) in [6, 6.07) is 27.3. The fourth-order valence-corrected chi connectivity index (χ4v) is 8.27. The Bertz CT molecular complexity index is 3240. The zero-order valence-electron chi connectivity index (χ0n) is 35.6. The SMILES string of the molecule is Fc1c(F)c(F)c([B-](c2c(F)c(F)c(F)c(F)c2F)(c2c(F)c(F)c(F)c(F)c2F)c2c(F)c(F)c(F)c(F)c2F)c(F)c1F.O=C(C[n+]1c(C(=O)Oc2ccc(Br)cc2)ccc2ccccc21)c1ccccc1. The molecule has 0 saturated carbocycles. The highest BCUT2D eigenvalue weighted by Crippen LogP contribution is 2.31. The topological polar surface area (TPSA) is 47.2 Å². The van der Waals surface area contributed by atoms with Crippen LogP contribution >= 0.6 is 15.9 Å². The number of benzene rings is 7. The molecule has 8 rings (SSSR count). The summed E-state index contributed by atoms with van der Waals surface area (Å²) < 4.78 is 302. The Morgan fingerprint density at radius 2 is 0.716 bits per heavy atom. The number of hydrogen-bond acceptors (Lipinski definition) is 3. The highest BCUT2D eigenvalue weighted by Gasteiger charge is 2.52. The van der Waals surface area contributed by atoms with Crippen LogP contribution in [0.3, 0.4) is 0 Å². The second kappa shape index (κ2) is 20.6. The smallest absolute Gasteiger partial charge is 0.409 e. The van der Waals surface area contributed by atoms with Crippen molar-refractivity contribution in [1.29, 1.82) is 0 Å². The van der Waals surface area contributed by atoms with E-state index in [0.29, 0.717) is 17.0 Å². The van der Waals surface area contributed by atoms with E-state index < -0.39 is 150 Å². The summed E-state index contributed by atoms with van der Waals surface area (Å²) in [5, 5.41) is 0.938. The number of ketones is 1. The lowest BCUT2D eigenvalue weighted by Crippen LogP contribution is -2.81. The van der Waals surface area contributed by atoms with Gasteiger partial charge in [0.05, 0.1) is 0 Å². The lowest BCUT2D eigenvalue weighted by Gasteiger charge is -2.44. The maximum atomic E-state index is 15.4. The average molecular weight is 1130 g/mol. The molecule has 0 saturated heterocycles. The fourth-order valence-electron chi connectivity index (χ4n) is 8.01. The molecule has 7 aromatic carbocycles. The summed E-state index contributed by atoms with van der Waals surface area (Å²) in [6.07, 6.45) is -7.22. The number of halogens is 21. The first-order valence-electron chi connectivity index (χ1n) is 20.0. The van der Waals surface area contributed by atoms with Gasteiger partial charge in [-0.25, -0.2) is 92.6 Å². The number of fused-ring (bicyclic) bond motifs is 1. The summed E-state index contributed by atoms with van der Waals surface area (Å²) in [4.78, 5) is 25.8. The Kier molecular flexibility index (Phi) is 15.1. The first-order valence-corrected chi connectivity index (χ1v) is 20.8. The molecule has 0 aliphatic rings. The summed E-state index contributed by atoms with van der Waals surface area (Å²) in [7, 11) is 0. The second-order valence-corrected chi connectivity index (χ2v) is 16.2. The molecule has 0 aliphatic carbocycles. The number of Topliss-reactive ketones (excluding diaryl/α,β-unsaturated/α-hetero) is 1. The quantitative estimate of drug-likeness (QED) is 0.0212. The van der Waals surface area contributed by atoms with E-state index in [1.807, 2.05) is 48.5 Å². The maximum Gasteiger partial charge on any atom is 0.409 e. The molecule has 0 aliphatic heterocycles. The summed E-state index contributed by atoms with van der Waals surface area (Å²) in [5.41, 5.74) is -12.6. The third-order valence-corrected chi connectivity index (χ3v) is 11.8. The minimum absolute atomic E-state index is 0.0378. The van der Waals surface area contributed by atoms with Gasteiger partial charge in [-0.3, -0.25) is 4.79 Å². The van der Waals surface area contributed by atoms with Crippen molar-refractivity contribution < 1.29 is 107 Å². The van der Waals surface area contributed by atoms with Crippen LogP contribution in [-0.4, -0.2) is 17.9 Å². The van der Waals surface area contributed by atoms with Gasteiger partial charge in [-0.1, -0.05) is 58.4 Å². The molecule has 26 heteroatoms. The van der Waals surface area contributed by atoms with Crippen LogP contribution in [0.5, 0.6) is 5.75 Å². The van der Waals surface area contributed by atoms with Gasteiger partial charge in [0.15, 0.2) is 69.8 Å². The van der Waals surface area contributed by atoms with E-state index in [1.165, 1.54) is 0 Å². The van der Waals surface area contributed by atoms with Crippen LogP contribution in [0.4, 0.5) is 87.8 Å². The molecule has 74 heavy (non-hydrogen) atoms. The van der Waals surface area contributed by atoms with Gasteiger partial charge in [-0.2, -0.15) is 4.57 Å². The van der Waals surface area contributed by atoms with E-state index >= 15 is 35.1 Å². The molecule has 0 amide bonds. The van der Waals surface area contributed by atoms with Crippen molar-refractivity contribution >= 4 is 66.6 Å². The molecule has 1 heterocycles. The van der Waals surface area contributed by atoms with Crippen molar-refractivity contribution in [1.82, 2.24) is 0 Å². The Labute approximate surface area is 407 Å². The second-order valence-electron chi connectivity index (χ2n) is 15.3. The van der Waals surface area contributed by atoms with Crippen molar-refractivity contribution in [3.8, 4) is 5.75 Å². The minimum Gasteiger partial charge on any atom is -0.419 e. The standard InChI is InChI=1S/C24BF20.C24H17BrNO3/c26-5-1(6(27)14(35)21(42)13(5)34)25(2-7(28)15(36)22(43)16(37)8(2)29,3-9(30)17(38)23(44)18(39)10(3)31)4-11(32)19(40)24(45)20(41)12(4)33;25-19-11-13-20(14-12-19)29-24(28)22-15-10-17-6-4-5-9-21(17)26(22)16-23(27)18-7-2-1-3-8-18/h;1-15H,16H2/q-1;+1. The number of pyridine rings is 1. The third kappa shape index (κ3) is 8.86. The van der Waals surface area contributed by atoms with E-state index in [9.17, 15) is 62.3 Å². The average Bonchev–Trinajstić information content (AvgIpc) is 3.39. The molecule has 0 spiro atoms. The summed E-state index contributed by atoms with van der Waals surface area (Å²) in [6.45, 7) is 0.0378. The van der Waals surface area contributed by atoms with Gasteiger partial charge in [0.25, 0.3) is 5.69 Å². The minimum atomic E-state index is -7.22. The predicted molar refractivity (Wildman–Crippen MR) is 223 cm³/mol. The van der Waals surface area contributed by atoms with Crippen molar-refractivity contribution in [2.45, 2.75) is 6.54 Å². The number of esters is 1. The van der Waals surface area contributed by atoms with Gasteiger partial charge in [-0.05, 0) is 36.4 Å². The van der Waals surface area contributed by atoms with Crippen LogP contribution in [0.2, 0.25) is 0 Å². The number of hydrogen-bond donors (Lipinski definition) is 0. The zero-order chi connectivity index (χ0) is 54.6. The monoisotopic (exact) mass is 1130 g/mol. The Morgan fingerprint density at radius 3 is 1.08 bits per heavy atom. The molecule has 382 valence electrons. The molecule has 0 unspecified atom stereocenters. The highest BCUT2D eigenvalue weighted by molar-refractivity contribution is 9.10. The maximum absolute atomic E-state index is 15.4. The molecule has 0 fully saturated rings. The van der Waals surface area contributed by atoms with Gasteiger partial charge in [-0.15, -0.1) is 21.9 Å². The van der Waals surface area contributed by atoms with Gasteiger partial charge in [0.2, 0.25) is 17.8 Å². The number of carbonyl (C=O) groups is 2. The number of para-hydroxylation sites is 1. The lowest BCUT2D eigenvalue weighted by molar-refractivity contribution is -0.659. The van der Waals surface area contributed by atoms with Crippen LogP contribution in [-0.2, 0) is 6.54 Å². The number of aromatic nitrogens is 1. The number of nitrogens with zero attached hydrogens (tertiary/aromatic N) is 1. The molecule has 4 nitrogen and oxygen atoms in total. The predicted octanol–water partition coefficient (Wildman–Crippen LogP) is 10.8. The van der Waals surface area contributed by atoms with Gasteiger partial charge >= 0.3 is 5.97 Å². The molecule has 0 radical (unpaired) electrons. The first kappa shape index (κ1) is 54.0. The molecular formula is C48H17BBrF20NO3. The Balaban J connectivity index is 0.000000237. The highest BCUT2D eigenvalue weighted by atomic mass is 79.9. The van der Waals surface area contributed by atoms with Crippen molar-refractivity contribution in [2.24, 2.45) is 0 Å². The van der Waals surface area contributed by atoms with Crippen molar-refractivity contribution in [3.05, 3.63) is 223 Å². The molecule has 0 atom stereocenters. The number of carbonyl (C=O) groups excluding carboxylic acids is 2. The normalized spacial score (nSPS) is 11.5. The van der Waals surface area contributed by atoms with E-state index in [4.69, 9.17) is 4.74 Å². The molecule has 0 N–H and O–H groups in total. The van der Waals surface area contributed by atoms with E-state index in [-0.39, 0.29) is 12.3 Å². The molecular weight excluding hydrogens is 1110 g/mol. The molecule has 8 aromatic rings. The van der Waals surface area contributed by atoms with Crippen LogP contribution in [0, 0.1) is 116 Å². The van der Waals surface area contributed by atoms with E-state index in [1.54, 1.807) is 47.0 Å². The molecule has 1 aromatic heterocycles. The Morgan fingerprint density at radius 1 is 0.392 bits per heavy atom. The van der Waals surface area contributed by atoms with Crippen LogP contribution in [0.1, 0.15) is 20.8 Å². The fraction of sp³-hybridized carbons (Fsp3) is 0.0208. The van der Waals surface area contributed by atoms with Gasteiger partial charge in [0, 0.05) is 27.6 Å². The van der Waals surface area contributed by atoms with Gasteiger partial charge < -0.3 is 4.74 Å². The van der Waals surface area contributed by atoms with Gasteiger partial charge in [0.1, 0.15) is 58.4 Å². The Hall–Kier alpha value is -7.77. The van der Waals surface area contributed by atoms with Crippen LogP contribution in [0.25, 0.3) is 10.9 Å². The lowest BCUT2D eigenvalue weighted by atomic mass is 9.12. The van der Waals surface area contributed by atoms with Crippen LogP contribution < -0.4 is 31.2 Å². The summed E-state index contributed by atoms with van der Waals surface area (Å²) >= 11 is 3.36. The first-order chi connectivity index (χ1) is 34.8. The number of ether oxygens (including phenoxy) is 1. The van der Waals surface area contributed by atoms with Crippen molar-refractivity contribution in [2.75, 3.05) is 0 Å².